The molecule has 0 aromatic heterocycles. The van der Waals surface area contributed by atoms with Gasteiger partial charge in [0.25, 0.3) is 0 Å². The van der Waals surface area contributed by atoms with Crippen LogP contribution < -0.4 is 14.5 Å². The van der Waals surface area contributed by atoms with E-state index in [0.29, 0.717) is 13.3 Å². The average molecular weight is 391 g/mol. The molecule has 0 saturated heterocycles. The lowest BCUT2D eigenvalue weighted by Gasteiger charge is -2.19. The third-order valence-corrected chi connectivity index (χ3v) is 4.43. The SMILES string of the molecule is COc1ccc(OCc2c(C)cccc2N2CN(C)N=N2)cc1Br. The molecule has 0 fully saturated rings. The van der Waals surface area contributed by atoms with Crippen molar-refractivity contribution in [3.05, 3.63) is 52.0 Å². The second-order valence-corrected chi connectivity index (χ2v) is 6.39. The second-order valence-electron chi connectivity index (χ2n) is 5.54. The highest BCUT2D eigenvalue weighted by Crippen LogP contribution is 2.31. The number of aryl methyl sites for hydroxylation is 1. The van der Waals surface area contributed by atoms with Crippen LogP contribution >= 0.6 is 15.9 Å². The molecule has 0 atom stereocenters. The van der Waals surface area contributed by atoms with E-state index in [-0.39, 0.29) is 0 Å². The van der Waals surface area contributed by atoms with Crippen LogP contribution in [0.5, 0.6) is 11.5 Å². The van der Waals surface area contributed by atoms with Gasteiger partial charge in [-0.15, -0.1) is 0 Å². The molecule has 126 valence electrons. The van der Waals surface area contributed by atoms with Gasteiger partial charge < -0.3 is 9.47 Å². The predicted molar refractivity (Wildman–Crippen MR) is 96.2 cm³/mol. The lowest BCUT2D eigenvalue weighted by molar-refractivity contribution is 0.304. The zero-order chi connectivity index (χ0) is 17.1. The van der Waals surface area contributed by atoms with Crippen molar-refractivity contribution in [3.8, 4) is 11.5 Å². The van der Waals surface area contributed by atoms with Crippen LogP contribution in [0.3, 0.4) is 0 Å². The van der Waals surface area contributed by atoms with E-state index in [4.69, 9.17) is 9.47 Å². The van der Waals surface area contributed by atoms with Crippen molar-refractivity contribution in [2.24, 2.45) is 10.4 Å². The number of rotatable bonds is 5. The topological polar surface area (TPSA) is 49.7 Å². The molecule has 0 amide bonds. The Balaban J connectivity index is 1.80. The highest BCUT2D eigenvalue weighted by molar-refractivity contribution is 9.10. The van der Waals surface area contributed by atoms with Crippen LogP contribution in [0.2, 0.25) is 0 Å². The first-order valence-electron chi connectivity index (χ1n) is 7.53. The fourth-order valence-corrected chi connectivity index (χ4v) is 3.02. The van der Waals surface area contributed by atoms with Crippen LogP contribution in [0, 0.1) is 6.92 Å². The summed E-state index contributed by atoms with van der Waals surface area (Å²) < 4.78 is 12.1. The van der Waals surface area contributed by atoms with Crippen LogP contribution in [-0.2, 0) is 6.61 Å². The van der Waals surface area contributed by atoms with E-state index in [0.717, 1.165) is 32.8 Å². The van der Waals surface area contributed by atoms with Crippen molar-refractivity contribution in [1.29, 1.82) is 0 Å². The minimum absolute atomic E-state index is 0.455. The molecule has 0 spiro atoms. The standard InChI is InChI=1S/C17H19BrN4O2/c1-12-5-4-6-16(22-11-21(2)19-20-22)14(12)10-24-13-7-8-17(23-3)15(18)9-13/h4-9H,10-11H2,1-3H3. The number of ether oxygens (including phenoxy) is 2. The predicted octanol–water partition coefficient (Wildman–Crippen LogP) is 4.34. The molecule has 2 aromatic rings. The maximum atomic E-state index is 5.98. The van der Waals surface area contributed by atoms with E-state index in [2.05, 4.69) is 39.4 Å². The number of benzene rings is 2. The average Bonchev–Trinajstić information content (AvgIpc) is 3.00. The van der Waals surface area contributed by atoms with Gasteiger partial charge in [-0.1, -0.05) is 17.4 Å². The number of hydrogen-bond acceptors (Lipinski definition) is 6. The summed E-state index contributed by atoms with van der Waals surface area (Å²) in [5.41, 5.74) is 3.26. The highest BCUT2D eigenvalue weighted by atomic mass is 79.9. The summed E-state index contributed by atoms with van der Waals surface area (Å²) in [7, 11) is 3.53. The van der Waals surface area contributed by atoms with Crippen LogP contribution in [0.25, 0.3) is 0 Å². The first kappa shape index (κ1) is 16.6. The zero-order valence-electron chi connectivity index (χ0n) is 13.9. The Morgan fingerprint density at radius 2 is 2.04 bits per heavy atom. The molecule has 7 heteroatoms. The van der Waals surface area contributed by atoms with E-state index in [9.17, 15) is 0 Å². The lowest BCUT2D eigenvalue weighted by Crippen LogP contribution is -2.23. The first-order chi connectivity index (χ1) is 11.6. The van der Waals surface area contributed by atoms with Crippen LogP contribution in [0.4, 0.5) is 5.69 Å². The zero-order valence-corrected chi connectivity index (χ0v) is 15.4. The quantitative estimate of drug-likeness (QED) is 0.761. The first-order valence-corrected chi connectivity index (χ1v) is 8.33. The number of nitrogens with zero attached hydrogens (tertiary/aromatic N) is 4. The van der Waals surface area contributed by atoms with Crippen LogP contribution in [0.15, 0.2) is 51.3 Å². The molecule has 6 nitrogen and oxygen atoms in total. The Hall–Kier alpha value is -2.28. The Morgan fingerprint density at radius 1 is 1.21 bits per heavy atom. The van der Waals surface area contributed by atoms with Gasteiger partial charge in [0.15, 0.2) is 0 Å². The van der Waals surface area contributed by atoms with Gasteiger partial charge in [-0.25, -0.2) is 5.01 Å². The lowest BCUT2D eigenvalue weighted by atomic mass is 10.1. The fourth-order valence-electron chi connectivity index (χ4n) is 2.50. The summed E-state index contributed by atoms with van der Waals surface area (Å²) in [5.74, 6) is 1.55. The number of halogens is 1. The molecule has 1 aliphatic rings. The van der Waals surface area contributed by atoms with Gasteiger partial charge in [-0.05, 0) is 57.9 Å². The Morgan fingerprint density at radius 3 is 2.71 bits per heavy atom. The maximum Gasteiger partial charge on any atom is 0.133 e. The van der Waals surface area contributed by atoms with E-state index < -0.39 is 0 Å². The van der Waals surface area contributed by atoms with Gasteiger partial charge in [0, 0.05) is 12.6 Å². The smallest absolute Gasteiger partial charge is 0.133 e. The van der Waals surface area contributed by atoms with Gasteiger partial charge in [0.2, 0.25) is 0 Å². The fraction of sp³-hybridized carbons (Fsp3) is 0.294. The van der Waals surface area contributed by atoms with Gasteiger partial charge in [0.05, 0.1) is 17.3 Å². The van der Waals surface area contributed by atoms with E-state index in [1.807, 2.05) is 42.4 Å². The van der Waals surface area contributed by atoms with Crippen molar-refractivity contribution in [3.63, 3.8) is 0 Å². The number of hydrogen-bond donors (Lipinski definition) is 0. The molecule has 3 rings (SSSR count). The van der Waals surface area contributed by atoms with Gasteiger partial charge in [-0.2, -0.15) is 0 Å². The molecule has 24 heavy (non-hydrogen) atoms. The minimum Gasteiger partial charge on any atom is -0.496 e. The second kappa shape index (κ2) is 7.09. The van der Waals surface area contributed by atoms with Crippen molar-refractivity contribution in [2.45, 2.75) is 13.5 Å². The van der Waals surface area contributed by atoms with E-state index >= 15 is 0 Å². The minimum atomic E-state index is 0.455. The molecular formula is C17H19BrN4O2. The number of anilines is 1. The largest absolute Gasteiger partial charge is 0.496 e. The van der Waals surface area contributed by atoms with Crippen molar-refractivity contribution in [1.82, 2.24) is 5.01 Å². The maximum absolute atomic E-state index is 5.98. The normalized spacial score (nSPS) is 13.5. The Kier molecular flexibility index (Phi) is 4.89. The van der Waals surface area contributed by atoms with Gasteiger partial charge in [-0.3, -0.25) is 5.01 Å². The monoisotopic (exact) mass is 390 g/mol. The number of methoxy groups -OCH3 is 1. The molecule has 1 heterocycles. The summed E-state index contributed by atoms with van der Waals surface area (Å²) in [6.45, 7) is 3.16. The molecule has 0 bridgehead atoms. The van der Waals surface area contributed by atoms with Crippen molar-refractivity contribution >= 4 is 21.6 Å². The van der Waals surface area contributed by atoms with Crippen LogP contribution in [-0.4, -0.2) is 25.8 Å². The van der Waals surface area contributed by atoms with Crippen molar-refractivity contribution < 1.29 is 9.47 Å². The van der Waals surface area contributed by atoms with Gasteiger partial charge >= 0.3 is 0 Å². The third-order valence-electron chi connectivity index (χ3n) is 3.81. The molecule has 0 saturated carbocycles. The van der Waals surface area contributed by atoms with Crippen molar-refractivity contribution in [2.75, 3.05) is 25.8 Å². The summed E-state index contributed by atoms with van der Waals surface area (Å²) in [6.07, 6.45) is 0. The molecule has 1 aliphatic heterocycles. The summed E-state index contributed by atoms with van der Waals surface area (Å²) >= 11 is 3.48. The highest BCUT2D eigenvalue weighted by Gasteiger charge is 2.18. The van der Waals surface area contributed by atoms with E-state index in [1.165, 1.54) is 0 Å². The molecule has 0 N–H and O–H groups in total. The Bertz CT molecular complexity index is 766. The molecular weight excluding hydrogens is 372 g/mol. The molecule has 2 aromatic carbocycles. The van der Waals surface area contributed by atoms with Crippen LogP contribution in [0.1, 0.15) is 11.1 Å². The molecule has 0 radical (unpaired) electrons. The van der Waals surface area contributed by atoms with Gasteiger partial charge in [0.1, 0.15) is 24.8 Å². The summed E-state index contributed by atoms with van der Waals surface area (Å²) in [4.78, 5) is 0. The third kappa shape index (κ3) is 3.46. The summed E-state index contributed by atoms with van der Waals surface area (Å²) in [6, 6.07) is 11.8. The molecule has 0 unspecified atom stereocenters. The van der Waals surface area contributed by atoms with E-state index in [1.54, 1.807) is 12.1 Å². The molecule has 0 aliphatic carbocycles. The Labute approximate surface area is 149 Å². The summed E-state index contributed by atoms with van der Waals surface area (Å²) in [5, 5.41) is 11.9.